The summed E-state index contributed by atoms with van der Waals surface area (Å²) in [7, 11) is 0.640. The SMILES string of the molecule is O[B]Oc1nc2ccccc2nc1-c1ccc2sc3ccccc3c2c1. The van der Waals surface area contributed by atoms with Crippen molar-refractivity contribution in [3.63, 3.8) is 0 Å². The lowest BCUT2D eigenvalue weighted by Crippen LogP contribution is -2.05. The number of aromatic nitrogens is 2. The second kappa shape index (κ2) is 6.09. The molecule has 4 nitrogen and oxygen atoms in total. The van der Waals surface area contributed by atoms with Crippen molar-refractivity contribution in [2.75, 3.05) is 0 Å². The molecule has 0 bridgehead atoms. The average molecular weight is 355 g/mol. The summed E-state index contributed by atoms with van der Waals surface area (Å²) in [5.41, 5.74) is 3.00. The minimum Gasteiger partial charge on any atom is -0.522 e. The van der Waals surface area contributed by atoms with Crippen LogP contribution in [-0.2, 0) is 0 Å². The molecular formula is C20H12BN2O2S. The van der Waals surface area contributed by atoms with Gasteiger partial charge in [-0.1, -0.05) is 36.4 Å². The van der Waals surface area contributed by atoms with Crippen molar-refractivity contribution in [1.29, 1.82) is 0 Å². The Hall–Kier alpha value is -2.96. The van der Waals surface area contributed by atoms with Crippen LogP contribution in [0.15, 0.2) is 66.7 Å². The standard InChI is InChI=1S/C20H12BN2O2S/c24-21-25-20-19(22-15-6-2-3-7-16(15)23-20)12-9-10-18-14(11-12)13-5-1-4-8-17(13)26-18/h1-11,24H. The number of rotatable bonds is 3. The van der Waals surface area contributed by atoms with E-state index < -0.39 is 0 Å². The minimum atomic E-state index is 0.282. The van der Waals surface area contributed by atoms with E-state index in [9.17, 15) is 0 Å². The van der Waals surface area contributed by atoms with E-state index in [2.05, 4.69) is 35.3 Å². The van der Waals surface area contributed by atoms with Gasteiger partial charge in [-0.25, -0.2) is 9.97 Å². The van der Waals surface area contributed by atoms with Gasteiger partial charge in [-0.15, -0.1) is 11.3 Å². The van der Waals surface area contributed by atoms with Crippen molar-refractivity contribution in [2.24, 2.45) is 0 Å². The molecule has 0 aliphatic heterocycles. The largest absolute Gasteiger partial charge is 0.570 e. The molecule has 3 aromatic carbocycles. The van der Waals surface area contributed by atoms with Crippen LogP contribution in [0.5, 0.6) is 5.88 Å². The molecule has 0 saturated carbocycles. The summed E-state index contributed by atoms with van der Waals surface area (Å²) in [4.78, 5) is 9.22. The fourth-order valence-corrected chi connectivity index (χ4v) is 4.26. The lowest BCUT2D eigenvalue weighted by molar-refractivity contribution is 0.444. The van der Waals surface area contributed by atoms with Crippen molar-refractivity contribution in [3.8, 4) is 17.1 Å². The smallest absolute Gasteiger partial charge is 0.522 e. The highest BCUT2D eigenvalue weighted by atomic mass is 32.1. The quantitative estimate of drug-likeness (QED) is 0.482. The van der Waals surface area contributed by atoms with E-state index in [-0.39, 0.29) is 5.88 Å². The number of hydrogen-bond acceptors (Lipinski definition) is 5. The molecule has 1 N–H and O–H groups in total. The highest BCUT2D eigenvalue weighted by Gasteiger charge is 2.14. The second-order valence-corrected chi connectivity index (χ2v) is 6.98. The maximum Gasteiger partial charge on any atom is 0.570 e. The van der Waals surface area contributed by atoms with Gasteiger partial charge in [0.1, 0.15) is 5.69 Å². The highest BCUT2D eigenvalue weighted by molar-refractivity contribution is 7.25. The zero-order chi connectivity index (χ0) is 17.5. The first-order valence-corrected chi connectivity index (χ1v) is 8.96. The lowest BCUT2D eigenvalue weighted by atomic mass is 10.1. The fraction of sp³-hybridized carbons (Fsp3) is 0. The third kappa shape index (κ3) is 2.43. The molecule has 1 radical (unpaired) electrons. The van der Waals surface area contributed by atoms with Crippen molar-refractivity contribution < 1.29 is 9.68 Å². The van der Waals surface area contributed by atoms with Gasteiger partial charge in [0.25, 0.3) is 0 Å². The first kappa shape index (κ1) is 15.3. The minimum absolute atomic E-state index is 0.282. The van der Waals surface area contributed by atoms with Gasteiger partial charge >= 0.3 is 7.69 Å². The van der Waals surface area contributed by atoms with Crippen LogP contribution in [0.25, 0.3) is 42.5 Å². The molecule has 5 aromatic rings. The third-order valence-electron chi connectivity index (χ3n) is 4.35. The molecule has 0 amide bonds. The molecule has 0 atom stereocenters. The maximum absolute atomic E-state index is 9.13. The van der Waals surface area contributed by atoms with Crippen LogP contribution in [0.2, 0.25) is 0 Å². The first-order valence-electron chi connectivity index (χ1n) is 8.14. The van der Waals surface area contributed by atoms with Crippen molar-refractivity contribution in [3.05, 3.63) is 66.7 Å². The summed E-state index contributed by atoms with van der Waals surface area (Å²) in [6.45, 7) is 0. The van der Waals surface area contributed by atoms with Crippen LogP contribution >= 0.6 is 11.3 Å². The third-order valence-corrected chi connectivity index (χ3v) is 5.50. The van der Waals surface area contributed by atoms with Crippen LogP contribution in [0.3, 0.4) is 0 Å². The van der Waals surface area contributed by atoms with Crippen LogP contribution in [0.1, 0.15) is 0 Å². The summed E-state index contributed by atoms with van der Waals surface area (Å²) < 4.78 is 7.72. The Morgan fingerprint density at radius 1 is 0.808 bits per heavy atom. The van der Waals surface area contributed by atoms with Gasteiger partial charge in [-0.05, 0) is 30.3 Å². The molecule has 26 heavy (non-hydrogen) atoms. The molecule has 0 unspecified atom stereocenters. The Kier molecular flexibility index (Phi) is 3.59. The van der Waals surface area contributed by atoms with E-state index in [4.69, 9.17) is 14.7 Å². The predicted octanol–water partition coefficient (Wildman–Crippen LogP) is 4.57. The van der Waals surface area contributed by atoms with E-state index >= 15 is 0 Å². The van der Waals surface area contributed by atoms with E-state index in [0.29, 0.717) is 13.4 Å². The van der Waals surface area contributed by atoms with Crippen LogP contribution in [0.4, 0.5) is 0 Å². The maximum atomic E-state index is 9.13. The number of thiophene rings is 1. The second-order valence-electron chi connectivity index (χ2n) is 5.90. The van der Waals surface area contributed by atoms with Crippen LogP contribution < -0.4 is 4.65 Å². The zero-order valence-electron chi connectivity index (χ0n) is 13.6. The van der Waals surface area contributed by atoms with Gasteiger partial charge in [0, 0.05) is 25.7 Å². The number of hydrogen-bond donors (Lipinski definition) is 1. The number of para-hydroxylation sites is 2. The number of fused-ring (bicyclic) bond motifs is 4. The summed E-state index contributed by atoms with van der Waals surface area (Å²) in [6, 6.07) is 22.2. The van der Waals surface area contributed by atoms with E-state index in [1.807, 2.05) is 36.4 Å². The summed E-state index contributed by atoms with van der Waals surface area (Å²) >= 11 is 1.77. The topological polar surface area (TPSA) is 55.2 Å². The summed E-state index contributed by atoms with van der Waals surface area (Å²) in [5, 5.41) is 11.5. The number of benzene rings is 3. The van der Waals surface area contributed by atoms with E-state index in [0.717, 1.165) is 16.6 Å². The fourth-order valence-electron chi connectivity index (χ4n) is 3.18. The molecule has 0 fully saturated rings. The van der Waals surface area contributed by atoms with Crippen molar-refractivity contribution in [2.45, 2.75) is 0 Å². The molecule has 123 valence electrons. The van der Waals surface area contributed by atoms with Crippen LogP contribution in [-0.4, -0.2) is 22.7 Å². The van der Waals surface area contributed by atoms with Gasteiger partial charge in [0.15, 0.2) is 0 Å². The molecule has 0 saturated heterocycles. The van der Waals surface area contributed by atoms with E-state index in [1.54, 1.807) is 11.3 Å². The van der Waals surface area contributed by atoms with Gasteiger partial charge in [0.05, 0.1) is 11.0 Å². The van der Waals surface area contributed by atoms with Gasteiger partial charge < -0.3 is 9.68 Å². The predicted molar refractivity (Wildman–Crippen MR) is 106 cm³/mol. The van der Waals surface area contributed by atoms with Gasteiger partial charge in [-0.2, -0.15) is 0 Å². The Morgan fingerprint density at radius 2 is 1.54 bits per heavy atom. The molecular weight excluding hydrogens is 343 g/mol. The normalized spacial score (nSPS) is 11.3. The van der Waals surface area contributed by atoms with Gasteiger partial charge in [-0.3, -0.25) is 0 Å². The Bertz CT molecular complexity index is 1270. The lowest BCUT2D eigenvalue weighted by Gasteiger charge is -2.10. The Morgan fingerprint density at radius 3 is 2.38 bits per heavy atom. The molecule has 6 heteroatoms. The molecule has 5 rings (SSSR count). The average Bonchev–Trinajstić information content (AvgIpc) is 3.05. The number of nitrogens with zero attached hydrogens (tertiary/aromatic N) is 2. The Labute approximate surface area is 154 Å². The van der Waals surface area contributed by atoms with Crippen molar-refractivity contribution in [1.82, 2.24) is 9.97 Å². The first-order chi connectivity index (χ1) is 12.8. The van der Waals surface area contributed by atoms with Gasteiger partial charge in [0.2, 0.25) is 5.88 Å². The van der Waals surface area contributed by atoms with Crippen LogP contribution in [0, 0.1) is 0 Å². The summed E-state index contributed by atoms with van der Waals surface area (Å²) in [6.07, 6.45) is 0. The molecule has 0 aliphatic carbocycles. The molecule has 0 spiro atoms. The van der Waals surface area contributed by atoms with Crippen molar-refractivity contribution >= 4 is 50.2 Å². The highest BCUT2D eigenvalue weighted by Crippen LogP contribution is 2.37. The Balaban J connectivity index is 1.78. The molecule has 2 heterocycles. The van der Waals surface area contributed by atoms with E-state index in [1.165, 1.54) is 20.2 Å². The molecule has 2 aromatic heterocycles. The zero-order valence-corrected chi connectivity index (χ0v) is 14.4. The summed E-state index contributed by atoms with van der Waals surface area (Å²) in [5.74, 6) is 0.282. The monoisotopic (exact) mass is 355 g/mol. The molecule has 0 aliphatic rings.